The summed E-state index contributed by atoms with van der Waals surface area (Å²) in [5.41, 5.74) is 0.198. The molecule has 0 saturated carbocycles. The van der Waals surface area contributed by atoms with E-state index in [1.54, 1.807) is 17.0 Å². The Morgan fingerprint density at radius 3 is 2.56 bits per heavy atom. The number of ether oxygens (including phenoxy) is 1. The predicted octanol–water partition coefficient (Wildman–Crippen LogP) is 2.90. The molecule has 0 spiro atoms. The number of nitro groups is 1. The number of benzene rings is 1. The van der Waals surface area contributed by atoms with Crippen molar-refractivity contribution in [3.05, 3.63) is 39.9 Å². The number of amides is 2. The molecule has 148 valence electrons. The molecule has 1 unspecified atom stereocenters. The molecule has 8 nitrogen and oxygen atoms in total. The van der Waals surface area contributed by atoms with Crippen molar-refractivity contribution in [1.82, 2.24) is 10.2 Å². The zero-order valence-electron chi connectivity index (χ0n) is 16.1. The van der Waals surface area contributed by atoms with Gasteiger partial charge in [-0.1, -0.05) is 12.1 Å². The molecule has 0 aromatic heterocycles. The topological polar surface area (TPSA) is 102 Å². The van der Waals surface area contributed by atoms with Gasteiger partial charge in [-0.05, 0) is 45.1 Å². The summed E-state index contributed by atoms with van der Waals surface area (Å²) in [5.74, 6) is 0.0466. The van der Waals surface area contributed by atoms with Crippen molar-refractivity contribution in [2.75, 3.05) is 19.6 Å². The summed E-state index contributed by atoms with van der Waals surface area (Å²) in [6, 6.07) is 5.95. The second-order valence-electron chi connectivity index (χ2n) is 7.84. The van der Waals surface area contributed by atoms with Crippen LogP contribution in [0, 0.1) is 16.0 Å². The van der Waals surface area contributed by atoms with Gasteiger partial charge >= 0.3 is 6.09 Å². The SMILES string of the molecule is CC(C)(C)OC(=O)N1CCCC(CNC(=O)Cc2ccc([N+](=O)[O-])cc2)C1. The van der Waals surface area contributed by atoms with Crippen molar-refractivity contribution in [2.24, 2.45) is 5.92 Å². The van der Waals surface area contributed by atoms with E-state index in [1.807, 2.05) is 20.8 Å². The third kappa shape index (κ3) is 6.88. The lowest BCUT2D eigenvalue weighted by molar-refractivity contribution is -0.384. The maximum absolute atomic E-state index is 12.2. The Kier molecular flexibility index (Phi) is 6.76. The highest BCUT2D eigenvalue weighted by atomic mass is 16.6. The minimum absolute atomic E-state index is 0.00333. The van der Waals surface area contributed by atoms with E-state index in [-0.39, 0.29) is 30.0 Å². The summed E-state index contributed by atoms with van der Waals surface area (Å²) < 4.78 is 5.41. The van der Waals surface area contributed by atoms with Crippen LogP contribution in [0.25, 0.3) is 0 Å². The van der Waals surface area contributed by atoms with E-state index in [0.29, 0.717) is 19.6 Å². The van der Waals surface area contributed by atoms with Crippen LogP contribution in [0.3, 0.4) is 0 Å². The molecule has 1 aliphatic rings. The van der Waals surface area contributed by atoms with Gasteiger partial charge in [0.05, 0.1) is 11.3 Å². The molecule has 1 atom stereocenters. The standard InChI is InChI=1S/C19H27N3O5/c1-19(2,3)27-18(24)21-10-4-5-15(13-21)12-20-17(23)11-14-6-8-16(9-7-14)22(25)26/h6-9,15H,4-5,10-13H2,1-3H3,(H,20,23). The summed E-state index contributed by atoms with van der Waals surface area (Å²) in [4.78, 5) is 36.2. The molecule has 1 N–H and O–H groups in total. The van der Waals surface area contributed by atoms with Crippen molar-refractivity contribution >= 4 is 17.7 Å². The fraction of sp³-hybridized carbons (Fsp3) is 0.579. The van der Waals surface area contributed by atoms with Crippen LogP contribution in [0.1, 0.15) is 39.2 Å². The lowest BCUT2D eigenvalue weighted by Gasteiger charge is -2.34. The summed E-state index contributed by atoms with van der Waals surface area (Å²) >= 11 is 0. The summed E-state index contributed by atoms with van der Waals surface area (Å²) in [7, 11) is 0. The Balaban J connectivity index is 1.78. The minimum atomic E-state index is -0.525. The highest BCUT2D eigenvalue weighted by molar-refractivity contribution is 5.78. The molecule has 1 aromatic carbocycles. The average molecular weight is 377 g/mol. The fourth-order valence-electron chi connectivity index (χ4n) is 2.97. The van der Waals surface area contributed by atoms with Crippen LogP contribution in [0.15, 0.2) is 24.3 Å². The lowest BCUT2D eigenvalue weighted by atomic mass is 9.98. The minimum Gasteiger partial charge on any atom is -0.444 e. The van der Waals surface area contributed by atoms with Gasteiger partial charge < -0.3 is 15.0 Å². The normalized spacial score (nSPS) is 17.3. The van der Waals surface area contributed by atoms with Gasteiger partial charge in [0.2, 0.25) is 5.91 Å². The van der Waals surface area contributed by atoms with E-state index >= 15 is 0 Å². The van der Waals surface area contributed by atoms with E-state index in [4.69, 9.17) is 4.74 Å². The summed E-state index contributed by atoms with van der Waals surface area (Å²) in [5, 5.41) is 13.5. The number of hydrogen-bond acceptors (Lipinski definition) is 5. The number of nitro benzene ring substituents is 1. The Labute approximate surface area is 159 Å². The van der Waals surface area contributed by atoms with Crippen LogP contribution in [-0.2, 0) is 16.0 Å². The van der Waals surface area contributed by atoms with Crippen molar-refractivity contribution in [2.45, 2.75) is 45.6 Å². The quantitative estimate of drug-likeness (QED) is 0.628. The largest absolute Gasteiger partial charge is 0.444 e. The van der Waals surface area contributed by atoms with E-state index < -0.39 is 10.5 Å². The second-order valence-corrected chi connectivity index (χ2v) is 7.84. The molecule has 1 fully saturated rings. The summed E-state index contributed by atoms with van der Waals surface area (Å²) in [6.45, 7) is 7.24. The summed E-state index contributed by atoms with van der Waals surface area (Å²) in [6.07, 6.45) is 1.67. The third-order valence-electron chi connectivity index (χ3n) is 4.27. The van der Waals surface area contributed by atoms with Gasteiger partial charge in [-0.2, -0.15) is 0 Å². The average Bonchev–Trinajstić information content (AvgIpc) is 2.59. The highest BCUT2D eigenvalue weighted by Crippen LogP contribution is 2.19. The molecular weight excluding hydrogens is 350 g/mol. The van der Waals surface area contributed by atoms with Gasteiger partial charge in [0.1, 0.15) is 5.60 Å². The third-order valence-corrected chi connectivity index (χ3v) is 4.27. The maximum atomic E-state index is 12.2. The van der Waals surface area contributed by atoms with Gasteiger partial charge in [-0.15, -0.1) is 0 Å². The van der Waals surface area contributed by atoms with Gasteiger partial charge in [-0.25, -0.2) is 4.79 Å². The van der Waals surface area contributed by atoms with Crippen LogP contribution in [0.2, 0.25) is 0 Å². The number of carbonyl (C=O) groups excluding carboxylic acids is 2. The number of non-ortho nitro benzene ring substituents is 1. The molecule has 27 heavy (non-hydrogen) atoms. The first-order chi connectivity index (χ1) is 12.6. The first-order valence-electron chi connectivity index (χ1n) is 9.12. The van der Waals surface area contributed by atoms with Crippen molar-refractivity contribution < 1.29 is 19.2 Å². The number of hydrogen-bond donors (Lipinski definition) is 1. The van der Waals surface area contributed by atoms with Crippen molar-refractivity contribution in [1.29, 1.82) is 0 Å². The Morgan fingerprint density at radius 2 is 1.96 bits per heavy atom. The molecule has 0 radical (unpaired) electrons. The van der Waals surface area contributed by atoms with Gasteiger partial charge in [0.15, 0.2) is 0 Å². The van der Waals surface area contributed by atoms with E-state index in [0.717, 1.165) is 18.4 Å². The van der Waals surface area contributed by atoms with Gasteiger partial charge in [-0.3, -0.25) is 14.9 Å². The number of likely N-dealkylation sites (tertiary alicyclic amines) is 1. The first-order valence-corrected chi connectivity index (χ1v) is 9.12. The number of nitrogens with one attached hydrogen (secondary N) is 1. The van der Waals surface area contributed by atoms with Crippen molar-refractivity contribution in [3.8, 4) is 0 Å². The van der Waals surface area contributed by atoms with E-state index in [1.165, 1.54) is 12.1 Å². The van der Waals surface area contributed by atoms with E-state index in [9.17, 15) is 19.7 Å². The van der Waals surface area contributed by atoms with Crippen LogP contribution < -0.4 is 5.32 Å². The molecular formula is C19H27N3O5. The zero-order chi connectivity index (χ0) is 20.0. The monoisotopic (exact) mass is 377 g/mol. The van der Waals surface area contributed by atoms with E-state index in [2.05, 4.69) is 5.32 Å². The molecule has 1 aromatic rings. The molecule has 2 rings (SSSR count). The molecule has 1 heterocycles. The predicted molar refractivity (Wildman–Crippen MR) is 100 cm³/mol. The number of piperidine rings is 1. The van der Waals surface area contributed by atoms with Crippen LogP contribution in [-0.4, -0.2) is 47.1 Å². The molecule has 2 amide bonds. The number of nitrogens with zero attached hydrogens (tertiary/aromatic N) is 2. The van der Waals surface area contributed by atoms with Crippen LogP contribution >= 0.6 is 0 Å². The number of carbonyl (C=O) groups is 2. The van der Waals surface area contributed by atoms with Gasteiger partial charge in [0.25, 0.3) is 5.69 Å². The molecule has 1 saturated heterocycles. The zero-order valence-corrected chi connectivity index (χ0v) is 16.1. The highest BCUT2D eigenvalue weighted by Gasteiger charge is 2.27. The van der Waals surface area contributed by atoms with Gasteiger partial charge in [0, 0.05) is 31.8 Å². The maximum Gasteiger partial charge on any atom is 0.410 e. The van der Waals surface area contributed by atoms with Crippen molar-refractivity contribution in [3.63, 3.8) is 0 Å². The lowest BCUT2D eigenvalue weighted by Crippen LogP contribution is -2.45. The molecule has 8 heteroatoms. The molecule has 0 bridgehead atoms. The second kappa shape index (κ2) is 8.83. The van der Waals surface area contributed by atoms with Crippen LogP contribution in [0.5, 0.6) is 0 Å². The Bertz CT molecular complexity index is 682. The first kappa shape index (κ1) is 20.7. The Hall–Kier alpha value is -2.64. The fourth-order valence-corrected chi connectivity index (χ4v) is 2.97. The molecule has 0 aliphatic carbocycles. The van der Waals surface area contributed by atoms with Crippen LogP contribution in [0.4, 0.5) is 10.5 Å². The smallest absolute Gasteiger partial charge is 0.410 e. The molecule has 1 aliphatic heterocycles. The Morgan fingerprint density at radius 1 is 1.30 bits per heavy atom. The number of rotatable bonds is 5.